The highest BCUT2D eigenvalue weighted by atomic mass is 127. The monoisotopic (exact) mass is 389 g/mol. The molecule has 0 radical (unpaired) electrons. The quantitative estimate of drug-likeness (QED) is 0.616. The summed E-state index contributed by atoms with van der Waals surface area (Å²) in [6.07, 6.45) is 3.78. The van der Waals surface area contributed by atoms with Crippen molar-refractivity contribution in [2.24, 2.45) is 17.9 Å². The second-order valence-electron chi connectivity index (χ2n) is 5.86. The number of ether oxygens (including phenoxy) is 1. The van der Waals surface area contributed by atoms with Gasteiger partial charge in [-0.3, -0.25) is 14.3 Å². The van der Waals surface area contributed by atoms with Crippen molar-refractivity contribution in [3.8, 4) is 0 Å². The third-order valence-corrected chi connectivity index (χ3v) is 5.30. The maximum absolute atomic E-state index is 12.2. The number of nitrogens with one attached hydrogen (secondary N) is 1. The molecule has 0 aromatic carbocycles. The first-order valence-corrected chi connectivity index (χ1v) is 7.53. The molecule has 3 aliphatic rings. The third-order valence-electron chi connectivity index (χ3n) is 4.40. The van der Waals surface area contributed by atoms with Crippen LogP contribution < -0.4 is 5.32 Å². The molecular formula is C13H16IN3O3. The molecule has 3 aliphatic carbocycles. The van der Waals surface area contributed by atoms with E-state index in [1.165, 1.54) is 7.11 Å². The van der Waals surface area contributed by atoms with E-state index in [2.05, 4.69) is 33.0 Å². The Balaban J connectivity index is 1.55. The fourth-order valence-electron chi connectivity index (χ4n) is 3.44. The molecule has 0 saturated heterocycles. The van der Waals surface area contributed by atoms with Gasteiger partial charge in [-0.1, -0.05) is 0 Å². The number of methoxy groups -OCH3 is 1. The van der Waals surface area contributed by atoms with Crippen molar-refractivity contribution in [3.05, 3.63) is 15.5 Å². The predicted octanol–water partition coefficient (Wildman–Crippen LogP) is 0.984. The van der Waals surface area contributed by atoms with E-state index in [1.807, 2.05) is 13.2 Å². The van der Waals surface area contributed by atoms with Gasteiger partial charge in [-0.2, -0.15) is 5.10 Å². The van der Waals surface area contributed by atoms with Crippen LogP contribution in [0.25, 0.3) is 0 Å². The van der Waals surface area contributed by atoms with E-state index in [4.69, 9.17) is 4.74 Å². The number of halogens is 1. The molecule has 0 atom stereocenters. The molecule has 3 saturated carbocycles. The molecule has 1 amide bonds. The average molecular weight is 389 g/mol. The Morgan fingerprint density at radius 3 is 2.60 bits per heavy atom. The number of amides is 1. The molecule has 1 N–H and O–H groups in total. The number of aryl methyl sites for hydroxylation is 1. The molecule has 1 heterocycles. The molecule has 4 rings (SSSR count). The number of carbonyl (C=O) groups excluding carboxylic acids is 2. The van der Waals surface area contributed by atoms with Crippen LogP contribution in [0.2, 0.25) is 0 Å². The van der Waals surface area contributed by atoms with Crippen LogP contribution in [0.5, 0.6) is 0 Å². The lowest BCUT2D eigenvalue weighted by Gasteiger charge is -2.66. The summed E-state index contributed by atoms with van der Waals surface area (Å²) < 4.78 is 7.55. The van der Waals surface area contributed by atoms with Crippen LogP contribution >= 0.6 is 22.6 Å². The van der Waals surface area contributed by atoms with E-state index in [0.717, 1.165) is 9.26 Å². The molecule has 0 spiro atoms. The summed E-state index contributed by atoms with van der Waals surface area (Å²) in [5.74, 6) is -0.142. The van der Waals surface area contributed by atoms with Crippen LogP contribution in [0.15, 0.2) is 6.20 Å². The van der Waals surface area contributed by atoms with Gasteiger partial charge in [0.2, 0.25) is 5.91 Å². The van der Waals surface area contributed by atoms with Crippen LogP contribution in [-0.2, 0) is 27.9 Å². The number of hydrogen-bond donors (Lipinski definition) is 1. The van der Waals surface area contributed by atoms with Gasteiger partial charge in [-0.05, 0) is 41.9 Å². The molecular weight excluding hydrogens is 373 g/mol. The fourth-order valence-corrected chi connectivity index (χ4v) is 4.14. The summed E-state index contributed by atoms with van der Waals surface area (Å²) in [5.41, 5.74) is 0.163. The van der Waals surface area contributed by atoms with Gasteiger partial charge in [-0.15, -0.1) is 0 Å². The molecule has 0 unspecified atom stereocenters. The maximum atomic E-state index is 12.2. The summed E-state index contributed by atoms with van der Waals surface area (Å²) >= 11 is 2.20. The van der Waals surface area contributed by atoms with Gasteiger partial charge in [0.05, 0.1) is 33.7 Å². The van der Waals surface area contributed by atoms with Crippen molar-refractivity contribution in [3.63, 3.8) is 0 Å². The van der Waals surface area contributed by atoms with Gasteiger partial charge in [0.15, 0.2) is 0 Å². The van der Waals surface area contributed by atoms with E-state index in [1.54, 1.807) is 4.68 Å². The van der Waals surface area contributed by atoms with Gasteiger partial charge < -0.3 is 10.1 Å². The molecule has 7 heteroatoms. The van der Waals surface area contributed by atoms with Crippen molar-refractivity contribution < 1.29 is 14.3 Å². The molecule has 108 valence electrons. The standard InChI is InChI=1S/C13H16IN3O3/c1-17-4-8(14)9(16-17)3-15-10(18)12-5-13(6-12,7-12)11(19)20-2/h4H,3,5-7H2,1-2H3,(H,15,18). The number of rotatable bonds is 4. The molecule has 3 fully saturated rings. The Morgan fingerprint density at radius 2 is 2.10 bits per heavy atom. The Bertz CT molecular complexity index is 576. The Kier molecular flexibility index (Phi) is 3.07. The second kappa shape index (κ2) is 4.44. The van der Waals surface area contributed by atoms with Crippen LogP contribution in [0.3, 0.4) is 0 Å². The first-order chi connectivity index (χ1) is 9.41. The van der Waals surface area contributed by atoms with Gasteiger partial charge in [0, 0.05) is 13.2 Å². The predicted molar refractivity (Wildman–Crippen MR) is 78.5 cm³/mol. The largest absolute Gasteiger partial charge is 0.469 e. The highest BCUT2D eigenvalue weighted by Gasteiger charge is 2.75. The average Bonchev–Trinajstić information content (AvgIpc) is 2.61. The Morgan fingerprint density at radius 1 is 1.45 bits per heavy atom. The van der Waals surface area contributed by atoms with Gasteiger partial charge >= 0.3 is 5.97 Å². The summed E-state index contributed by atoms with van der Waals surface area (Å²) in [4.78, 5) is 23.8. The highest BCUT2D eigenvalue weighted by Crippen LogP contribution is 2.73. The zero-order valence-corrected chi connectivity index (χ0v) is 13.6. The van der Waals surface area contributed by atoms with Gasteiger partial charge in [-0.25, -0.2) is 0 Å². The number of nitrogens with zero attached hydrogens (tertiary/aromatic N) is 2. The van der Waals surface area contributed by atoms with Crippen LogP contribution in [0, 0.1) is 14.4 Å². The lowest BCUT2D eigenvalue weighted by atomic mass is 9.35. The second-order valence-corrected chi connectivity index (χ2v) is 7.02. The zero-order valence-electron chi connectivity index (χ0n) is 11.4. The van der Waals surface area contributed by atoms with Crippen molar-refractivity contribution in [1.29, 1.82) is 0 Å². The zero-order chi connectivity index (χ0) is 14.5. The summed E-state index contributed by atoms with van der Waals surface area (Å²) in [5, 5.41) is 7.23. The lowest BCUT2D eigenvalue weighted by Crippen LogP contribution is -2.70. The van der Waals surface area contributed by atoms with Gasteiger partial charge in [0.25, 0.3) is 0 Å². The molecule has 2 bridgehead atoms. The van der Waals surface area contributed by atoms with E-state index in [-0.39, 0.29) is 22.7 Å². The van der Waals surface area contributed by atoms with Crippen molar-refractivity contribution in [2.45, 2.75) is 25.8 Å². The Hall–Kier alpha value is -1.12. The van der Waals surface area contributed by atoms with Gasteiger partial charge in [0.1, 0.15) is 0 Å². The van der Waals surface area contributed by atoms with E-state index >= 15 is 0 Å². The smallest absolute Gasteiger partial charge is 0.311 e. The molecule has 20 heavy (non-hydrogen) atoms. The van der Waals surface area contributed by atoms with Crippen LogP contribution in [0.4, 0.5) is 0 Å². The summed E-state index contributed by atoms with van der Waals surface area (Å²) in [6, 6.07) is 0. The molecule has 6 nitrogen and oxygen atoms in total. The van der Waals surface area contributed by atoms with E-state index < -0.39 is 0 Å². The topological polar surface area (TPSA) is 73.2 Å². The lowest BCUT2D eigenvalue weighted by molar-refractivity contribution is -0.222. The van der Waals surface area contributed by atoms with Crippen molar-refractivity contribution in [2.75, 3.05) is 7.11 Å². The maximum Gasteiger partial charge on any atom is 0.311 e. The molecule has 1 aromatic heterocycles. The summed E-state index contributed by atoms with van der Waals surface area (Å²) in [6.45, 7) is 0.435. The first kappa shape index (κ1) is 13.8. The Labute approximate surface area is 130 Å². The van der Waals surface area contributed by atoms with Crippen molar-refractivity contribution >= 4 is 34.5 Å². The minimum Gasteiger partial charge on any atom is -0.469 e. The molecule has 0 aliphatic heterocycles. The number of aromatic nitrogens is 2. The number of esters is 1. The minimum atomic E-state index is -0.370. The summed E-state index contributed by atoms with van der Waals surface area (Å²) in [7, 11) is 3.26. The minimum absolute atomic E-state index is 0.0322. The normalized spacial score (nSPS) is 30.1. The van der Waals surface area contributed by atoms with E-state index in [9.17, 15) is 9.59 Å². The van der Waals surface area contributed by atoms with Crippen LogP contribution in [-0.4, -0.2) is 28.8 Å². The number of carbonyl (C=O) groups is 2. The van der Waals surface area contributed by atoms with Crippen molar-refractivity contribution in [1.82, 2.24) is 15.1 Å². The molecule has 1 aromatic rings. The SMILES string of the molecule is COC(=O)C12CC(C(=O)NCc3nn(C)cc3I)(C1)C2. The van der Waals surface area contributed by atoms with E-state index in [0.29, 0.717) is 25.8 Å². The third kappa shape index (κ3) is 1.86. The fraction of sp³-hybridized carbons (Fsp3) is 0.615. The number of hydrogen-bond acceptors (Lipinski definition) is 4. The first-order valence-electron chi connectivity index (χ1n) is 6.46. The highest BCUT2D eigenvalue weighted by molar-refractivity contribution is 14.1. The van der Waals surface area contributed by atoms with Crippen LogP contribution in [0.1, 0.15) is 25.0 Å².